The predicted octanol–water partition coefficient (Wildman–Crippen LogP) is 3.35. The fraction of sp³-hybridized carbons (Fsp3) is 0.200. The van der Waals surface area contributed by atoms with Crippen molar-refractivity contribution >= 4 is 27.2 Å². The first-order valence-corrected chi connectivity index (χ1v) is 4.87. The van der Waals surface area contributed by atoms with Crippen LogP contribution in [-0.2, 0) is 6.54 Å². The van der Waals surface area contributed by atoms with Crippen molar-refractivity contribution in [1.82, 2.24) is 4.57 Å². The van der Waals surface area contributed by atoms with Crippen molar-refractivity contribution in [3.05, 3.63) is 30.5 Å². The van der Waals surface area contributed by atoms with Gasteiger partial charge in [-0.05, 0) is 30.5 Å². The lowest BCUT2D eigenvalue weighted by molar-refractivity contribution is 0.678. The van der Waals surface area contributed by atoms with Crippen molar-refractivity contribution in [3.8, 4) is 5.75 Å². The smallest absolute Gasteiger partial charge is 0.179 e. The fourth-order valence-corrected chi connectivity index (χ4v) is 1.69. The van der Waals surface area contributed by atoms with E-state index in [9.17, 15) is 0 Å². The number of aryl methyl sites for hydroxylation is 1. The van der Waals surface area contributed by atoms with Crippen molar-refractivity contribution in [2.24, 2.45) is 0 Å². The Balaban J connectivity index is 2.64. The first-order valence-electron chi connectivity index (χ1n) is 4.22. The van der Waals surface area contributed by atoms with Crippen LogP contribution in [0.2, 0.25) is 0 Å². The van der Waals surface area contributed by atoms with E-state index in [4.69, 9.17) is 3.83 Å². The highest BCUT2D eigenvalue weighted by Crippen LogP contribution is 2.22. The molecule has 0 bridgehead atoms. The third-order valence-corrected chi connectivity index (χ3v) is 2.55. The Morgan fingerprint density at radius 3 is 2.92 bits per heavy atom. The molecule has 1 heterocycles. The Morgan fingerprint density at radius 2 is 2.23 bits per heavy atom. The van der Waals surface area contributed by atoms with Gasteiger partial charge in [-0.2, -0.15) is 0 Å². The molecule has 0 aliphatic rings. The van der Waals surface area contributed by atoms with Gasteiger partial charge >= 0.3 is 0 Å². The van der Waals surface area contributed by atoms with E-state index in [0.29, 0.717) is 0 Å². The van der Waals surface area contributed by atoms with Crippen LogP contribution in [0, 0.1) is 0 Å². The quantitative estimate of drug-likeness (QED) is 0.785. The molecule has 0 aliphatic heterocycles. The molecular formula is C10H10BrNO. The lowest BCUT2D eigenvalue weighted by Gasteiger charge is -2.01. The van der Waals surface area contributed by atoms with E-state index < -0.39 is 0 Å². The van der Waals surface area contributed by atoms with Crippen LogP contribution in [-0.4, -0.2) is 4.57 Å². The molecule has 0 aliphatic carbocycles. The first-order chi connectivity index (χ1) is 6.35. The molecule has 0 N–H and O–H groups in total. The second-order valence-corrected chi connectivity index (χ2v) is 3.22. The third-order valence-electron chi connectivity index (χ3n) is 2.18. The van der Waals surface area contributed by atoms with Gasteiger partial charge in [0, 0.05) is 18.8 Å². The average Bonchev–Trinajstić information content (AvgIpc) is 2.59. The zero-order valence-electron chi connectivity index (χ0n) is 7.33. The summed E-state index contributed by atoms with van der Waals surface area (Å²) in [5, 5.41) is 1.25. The molecule has 1 aromatic carbocycles. The van der Waals surface area contributed by atoms with Gasteiger partial charge in [-0.3, -0.25) is 0 Å². The molecule has 0 unspecified atom stereocenters. The summed E-state index contributed by atoms with van der Waals surface area (Å²) in [5.41, 5.74) is 1.21. The molecule has 0 amide bonds. The molecule has 0 radical (unpaired) electrons. The second-order valence-electron chi connectivity index (χ2n) is 2.90. The number of halogens is 1. The molecule has 3 heteroatoms. The van der Waals surface area contributed by atoms with Crippen LogP contribution in [0.4, 0.5) is 0 Å². The van der Waals surface area contributed by atoms with E-state index in [1.165, 1.54) is 10.9 Å². The van der Waals surface area contributed by atoms with Gasteiger partial charge in [0.2, 0.25) is 0 Å². The number of rotatable bonds is 2. The molecule has 2 aromatic rings. The molecule has 1 aromatic heterocycles. The van der Waals surface area contributed by atoms with Gasteiger partial charge in [-0.1, -0.05) is 0 Å². The molecule has 0 saturated heterocycles. The molecule has 0 fully saturated rings. The van der Waals surface area contributed by atoms with Crippen molar-refractivity contribution in [3.63, 3.8) is 0 Å². The van der Waals surface area contributed by atoms with Crippen molar-refractivity contribution in [1.29, 1.82) is 0 Å². The SMILES string of the molecule is CCn1ccc2ccc(OBr)cc21. The summed E-state index contributed by atoms with van der Waals surface area (Å²) in [4.78, 5) is 0. The summed E-state index contributed by atoms with van der Waals surface area (Å²) in [6.07, 6.45) is 2.09. The lowest BCUT2D eigenvalue weighted by atomic mass is 10.2. The number of aromatic nitrogens is 1. The number of hydrogen-bond donors (Lipinski definition) is 0. The number of benzene rings is 1. The van der Waals surface area contributed by atoms with Crippen LogP contribution >= 0.6 is 16.3 Å². The van der Waals surface area contributed by atoms with Crippen LogP contribution in [0.15, 0.2) is 30.5 Å². The Labute approximate surface area is 85.6 Å². The Morgan fingerprint density at radius 1 is 1.38 bits per heavy atom. The van der Waals surface area contributed by atoms with Gasteiger partial charge in [0.1, 0.15) is 5.75 Å². The van der Waals surface area contributed by atoms with Gasteiger partial charge < -0.3 is 8.40 Å². The molecule has 13 heavy (non-hydrogen) atoms. The van der Waals surface area contributed by atoms with Crippen molar-refractivity contribution in [2.45, 2.75) is 13.5 Å². The fourth-order valence-electron chi connectivity index (χ4n) is 1.49. The average molecular weight is 240 g/mol. The van der Waals surface area contributed by atoms with Gasteiger partial charge in [-0.25, -0.2) is 0 Å². The summed E-state index contributed by atoms with van der Waals surface area (Å²) >= 11 is 2.97. The summed E-state index contributed by atoms with van der Waals surface area (Å²) < 4.78 is 7.18. The topological polar surface area (TPSA) is 14.2 Å². The van der Waals surface area contributed by atoms with Gasteiger partial charge in [-0.15, -0.1) is 0 Å². The highest BCUT2D eigenvalue weighted by atomic mass is 79.9. The minimum Gasteiger partial charge on any atom is -0.418 e. The monoisotopic (exact) mass is 239 g/mol. The largest absolute Gasteiger partial charge is 0.418 e. The maximum atomic E-state index is 4.99. The van der Waals surface area contributed by atoms with E-state index in [1.54, 1.807) is 0 Å². The highest BCUT2D eigenvalue weighted by Gasteiger charge is 2.00. The minimum atomic E-state index is 0.834. The zero-order valence-corrected chi connectivity index (χ0v) is 8.91. The lowest BCUT2D eigenvalue weighted by Crippen LogP contribution is -1.90. The predicted molar refractivity (Wildman–Crippen MR) is 57.2 cm³/mol. The molecule has 2 rings (SSSR count). The zero-order chi connectivity index (χ0) is 9.26. The molecule has 0 saturated carbocycles. The van der Waals surface area contributed by atoms with Crippen LogP contribution in [0.25, 0.3) is 10.9 Å². The molecule has 0 atom stereocenters. The van der Waals surface area contributed by atoms with E-state index in [1.807, 2.05) is 12.1 Å². The van der Waals surface area contributed by atoms with Crippen LogP contribution in [0.3, 0.4) is 0 Å². The van der Waals surface area contributed by atoms with Gasteiger partial charge in [0.25, 0.3) is 0 Å². The van der Waals surface area contributed by atoms with E-state index in [0.717, 1.165) is 12.3 Å². The van der Waals surface area contributed by atoms with Gasteiger partial charge in [0.05, 0.1) is 5.52 Å². The summed E-state index contributed by atoms with van der Waals surface area (Å²) in [6.45, 7) is 3.11. The van der Waals surface area contributed by atoms with E-state index in [-0.39, 0.29) is 0 Å². The standard InChI is InChI=1S/C10H10BrNO/c1-2-12-6-5-8-3-4-9(13-11)7-10(8)12/h3-7H,2H2,1H3. The van der Waals surface area contributed by atoms with Crippen LogP contribution in [0.5, 0.6) is 5.75 Å². The first kappa shape index (κ1) is 8.63. The Kier molecular flexibility index (Phi) is 2.27. The van der Waals surface area contributed by atoms with E-state index >= 15 is 0 Å². The summed E-state index contributed by atoms with van der Waals surface area (Å²) in [5.74, 6) is 0.834. The maximum absolute atomic E-state index is 4.99. The number of hydrogen-bond acceptors (Lipinski definition) is 1. The maximum Gasteiger partial charge on any atom is 0.179 e. The summed E-state index contributed by atoms with van der Waals surface area (Å²) in [7, 11) is 0. The van der Waals surface area contributed by atoms with Crippen molar-refractivity contribution < 1.29 is 3.83 Å². The molecule has 68 valence electrons. The highest BCUT2D eigenvalue weighted by molar-refractivity contribution is 9.06. The third kappa shape index (κ3) is 1.44. The Bertz CT molecular complexity index is 422. The second kappa shape index (κ2) is 3.42. The van der Waals surface area contributed by atoms with Crippen molar-refractivity contribution in [2.75, 3.05) is 0 Å². The Hall–Kier alpha value is -0.960. The molecule has 0 spiro atoms. The normalized spacial score (nSPS) is 10.6. The van der Waals surface area contributed by atoms with Crippen LogP contribution in [0.1, 0.15) is 6.92 Å². The van der Waals surface area contributed by atoms with Gasteiger partial charge in [0.15, 0.2) is 16.3 Å². The number of fused-ring (bicyclic) bond motifs is 1. The minimum absolute atomic E-state index is 0.834. The number of nitrogens with zero attached hydrogens (tertiary/aromatic N) is 1. The summed E-state index contributed by atoms with van der Waals surface area (Å²) in [6, 6.07) is 8.12. The van der Waals surface area contributed by atoms with E-state index in [2.05, 4.69) is 46.1 Å². The van der Waals surface area contributed by atoms with Crippen LogP contribution < -0.4 is 3.83 Å². The molecule has 2 nitrogen and oxygen atoms in total. The molecular weight excluding hydrogens is 230 g/mol.